The highest BCUT2D eigenvalue weighted by Crippen LogP contribution is 2.75. The Morgan fingerprint density at radius 3 is 1.07 bits per heavy atom. The van der Waals surface area contributed by atoms with Gasteiger partial charge in [0.25, 0.3) is 3.79 Å². The van der Waals surface area contributed by atoms with Crippen molar-refractivity contribution in [3.63, 3.8) is 0 Å². The summed E-state index contributed by atoms with van der Waals surface area (Å²) in [6, 6.07) is 0. The zero-order valence-corrected chi connectivity index (χ0v) is 90.1. The Labute approximate surface area is 855 Å². The molecule has 27 unspecified atom stereocenters. The van der Waals surface area contributed by atoms with E-state index in [4.69, 9.17) is 142 Å². The van der Waals surface area contributed by atoms with Crippen molar-refractivity contribution in [3.05, 3.63) is 71.4 Å². The number of ether oxygens (including phenoxy) is 13. The second-order valence-electron chi connectivity index (χ2n) is 46.0. The van der Waals surface area contributed by atoms with Crippen molar-refractivity contribution >= 4 is 124 Å². The number of carbonyl (C=O) groups excluding carboxylic acids is 7. The summed E-state index contributed by atoms with van der Waals surface area (Å²) in [5.74, 6) is -0.594. The molecule has 784 valence electrons. The van der Waals surface area contributed by atoms with Gasteiger partial charge in [0.2, 0.25) is 25.8 Å². The summed E-state index contributed by atoms with van der Waals surface area (Å²) in [6.45, 7) is 49.8. The van der Waals surface area contributed by atoms with Gasteiger partial charge in [0.1, 0.15) is 35.1 Å². The molecule has 6 aliphatic heterocycles. The van der Waals surface area contributed by atoms with Crippen LogP contribution in [0.15, 0.2) is 71.4 Å². The van der Waals surface area contributed by atoms with E-state index >= 15 is 0 Å². The summed E-state index contributed by atoms with van der Waals surface area (Å²) < 4.78 is 72.7. The highest BCUT2D eigenvalue weighted by atomic mass is 35.6. The molecule has 6 saturated carbocycles. The predicted octanol–water partition coefficient (Wildman–Crippen LogP) is 21.0. The van der Waals surface area contributed by atoms with E-state index in [0.717, 1.165) is 124 Å². The fourth-order valence-electron chi connectivity index (χ4n) is 28.2. The molecule has 0 aromatic carbocycles. The van der Waals surface area contributed by atoms with Crippen molar-refractivity contribution in [1.29, 1.82) is 5.41 Å². The quantitative estimate of drug-likeness (QED) is 0.00693. The highest BCUT2D eigenvalue weighted by Gasteiger charge is 2.76. The Kier molecular flexibility index (Phi) is 38.8. The average Bonchev–Trinajstić information content (AvgIpc) is 1.52. The number of rotatable bonds is 33. The molecule has 0 radical (unpaired) electrons. The van der Waals surface area contributed by atoms with Gasteiger partial charge >= 0.3 is 29.8 Å². The van der Waals surface area contributed by atoms with Gasteiger partial charge in [-0.1, -0.05) is 171 Å². The number of esters is 4. The van der Waals surface area contributed by atoms with Crippen molar-refractivity contribution in [2.75, 3.05) is 60.3 Å². The van der Waals surface area contributed by atoms with E-state index in [0.29, 0.717) is 110 Å². The van der Waals surface area contributed by atoms with Crippen molar-refractivity contribution in [1.82, 2.24) is 0 Å². The van der Waals surface area contributed by atoms with Gasteiger partial charge in [0.05, 0.1) is 67.3 Å². The second-order valence-corrected chi connectivity index (χ2v) is 49.9. The third-order valence-corrected chi connectivity index (χ3v) is 37.0. The molecule has 25 nitrogen and oxygen atoms in total. The highest BCUT2D eigenvalue weighted by molar-refractivity contribution is 6.76. The van der Waals surface area contributed by atoms with Gasteiger partial charge in [-0.25, -0.2) is 0 Å². The summed E-state index contributed by atoms with van der Waals surface area (Å²) in [4.78, 5) is 106. The average molecular weight is 2070 g/mol. The number of hydrogen-bond donors (Lipinski definition) is 4. The SMILES string of the molecule is C=C1COC2C(C)OC(OC(=N)C(Cl)(Cl)Cl)CC12.C=C1COC2C(C)OC(OCCCCC3C(C)C(Cl)CC3[C@@]3(C=O)CC4C=C(C(C)C)[C@@]3(C(=O)O)C4)CC12.C=C1COC2C(C)OC(OCCCCC3C(C)C(Cl)CC3[C@@]3(C=O)CC4C=C(C(C)C)[C@@]3(C(=O)OCOC(=O)C(C)(C)C)C4)CC12.CC(C)C1=CC2C[C@@]1(C(=O)OCOC(=O)C(C)(C)C)[C@@](C=O)(C1CC(Cl)C(C)C1CCCCO)C2.CO. The lowest BCUT2D eigenvalue weighted by Gasteiger charge is -2.49. The van der Waals surface area contributed by atoms with E-state index < -0.39 is 103 Å². The van der Waals surface area contributed by atoms with E-state index in [-0.39, 0.29) is 173 Å². The van der Waals surface area contributed by atoms with Gasteiger partial charge in [-0.2, -0.15) is 0 Å². The Morgan fingerprint density at radius 2 is 0.770 bits per heavy atom. The minimum Gasteiger partial charge on any atom is -0.481 e. The van der Waals surface area contributed by atoms with Crippen LogP contribution in [0.25, 0.3) is 0 Å². The number of hydrogen-bond acceptors (Lipinski definition) is 24. The summed E-state index contributed by atoms with van der Waals surface area (Å²) in [5.41, 5.74) is -1.22. The maximum atomic E-state index is 14.2. The molecule has 6 bridgehead atoms. The minimum absolute atomic E-state index is 0.000652. The van der Waals surface area contributed by atoms with Gasteiger partial charge in [0.15, 0.2) is 12.6 Å². The van der Waals surface area contributed by atoms with Gasteiger partial charge in [-0.05, 0) is 264 Å². The van der Waals surface area contributed by atoms with Crippen LogP contribution in [0, 0.1) is 155 Å². The second kappa shape index (κ2) is 47.0. The van der Waals surface area contributed by atoms with Crippen molar-refractivity contribution in [3.8, 4) is 0 Å². The largest absolute Gasteiger partial charge is 0.481 e. The number of fused-ring (bicyclic) bond motifs is 9. The van der Waals surface area contributed by atoms with Crippen LogP contribution in [-0.4, -0.2) is 206 Å². The number of aliphatic hydroxyl groups is 2. The monoisotopic (exact) mass is 2070 g/mol. The van der Waals surface area contributed by atoms with Crippen LogP contribution >= 0.6 is 69.6 Å². The first-order valence-corrected chi connectivity index (χ1v) is 53.7. The molecule has 6 heterocycles. The van der Waals surface area contributed by atoms with Crippen LogP contribution in [-0.2, 0) is 99.9 Å². The molecule has 139 heavy (non-hydrogen) atoms. The molecule has 15 rings (SSSR count). The van der Waals surface area contributed by atoms with Crippen LogP contribution in [0.1, 0.15) is 259 Å². The summed E-state index contributed by atoms with van der Waals surface area (Å²) in [5, 5.41) is 34.3. The molecule has 6 saturated heterocycles. The molecule has 33 atom stereocenters. The third-order valence-electron chi connectivity index (χ3n) is 34.8. The molecular formula is C108H161Cl6NO24. The molecule has 12 fully saturated rings. The number of nitrogens with one attached hydrogen (secondary N) is 1. The lowest BCUT2D eigenvalue weighted by molar-refractivity contribution is -0.226. The van der Waals surface area contributed by atoms with E-state index in [2.05, 4.69) is 100 Å². The number of aliphatic carboxylic acids is 1. The molecule has 0 aromatic heterocycles. The van der Waals surface area contributed by atoms with Gasteiger partial charge in [-0.15, -0.1) is 34.8 Å². The maximum absolute atomic E-state index is 14.2. The molecule has 0 aromatic rings. The normalized spacial score (nSPS) is 39.8. The number of carbonyl (C=O) groups is 8. The number of halogens is 6. The molecule has 4 N–H and O–H groups in total. The standard InChI is InChI=1S/C37H55ClO8.C31H45ClO6.C28H43ClO6.C11H14Cl3NO3.CH4O/c1-21(2)28-13-25-16-36(19-39,37(28,17-25)34(41)45-20-44-33(40)35(6,7)8)29-15-30(38)23(4)26(29)11-9-10-12-42-31-14-27-22(3)18-43-32(27)24(5)46-31;1-17(2)24-10-21-13-30(16-33,31(24,14-21)29(34)35)25-12-26(32)19(4)22(25)8-6-7-9-36-27-11-23-18(3)15-37-28(23)20(5)38-27;1-17(2)21-11-19-13-27(15-31,22-12-23(29)18(3)20(22)9-7-8-10-30)28(21,14-19)25(33)35-16-34-24(32)26(4,5)6;1-5-4-16-9-6(2)17-8(3-7(5)9)18-10(15)11(12,13)14;1-2/h13,19,21,23-27,29-32H,3,9-12,14-18,20H2,1-2,4-8H3;10,16-17,19-23,25-28H,3,6-9,11-15H2,1-2,4-5H3,(H,34,35);11,15,17-20,22-23,30H,7-10,12-14,16H2,1-6H3;6-9,15H,1,3-4H2,2H3;2H,1H3/t23?,24?,25?,26?,27?,29?,30?,31?,32?,36-,37+;19?,20?,21?,22?,23?,25?,26?,27?,28?,30-,31+;18?,19?,20?,22?,23?,27-,28+;;/m000../s1. The number of carboxylic acid groups (broad SMARTS) is 1. The molecule has 9 aliphatic carbocycles. The predicted molar refractivity (Wildman–Crippen MR) is 533 cm³/mol. The van der Waals surface area contributed by atoms with E-state index in [9.17, 15) is 48.6 Å². The number of carboxylic acids is 1. The van der Waals surface area contributed by atoms with Crippen molar-refractivity contribution < 1.29 is 115 Å². The number of aldehydes is 3. The number of unbranched alkanes of at least 4 members (excludes halogenated alkanes) is 3. The van der Waals surface area contributed by atoms with Gasteiger partial charge in [0, 0.05) is 96.3 Å². The Morgan fingerprint density at radius 1 is 0.468 bits per heavy atom. The fourth-order valence-corrected chi connectivity index (χ4v) is 29.4. The molecule has 15 aliphatic rings. The first-order chi connectivity index (χ1) is 65.3. The number of allylic oxidation sites excluding steroid dienone is 3. The fraction of sp³-hybridized carbons (Fsp3) is 0.806. The van der Waals surface area contributed by atoms with Crippen molar-refractivity contribution in [2.24, 2.45) is 150 Å². The van der Waals surface area contributed by atoms with Crippen molar-refractivity contribution in [2.45, 2.75) is 335 Å². The Bertz CT molecular complexity index is 4460. The smallest absolute Gasteiger partial charge is 0.320 e. The van der Waals surface area contributed by atoms with Crippen LogP contribution in [0.5, 0.6) is 0 Å². The number of aliphatic hydroxyl groups excluding tert-OH is 2. The van der Waals surface area contributed by atoms with Crippen LogP contribution in [0.4, 0.5) is 0 Å². The zero-order valence-electron chi connectivity index (χ0n) is 85.6. The minimum atomic E-state index is -1.87. The first-order valence-electron chi connectivity index (χ1n) is 51.2. The van der Waals surface area contributed by atoms with E-state index in [1.807, 2.05) is 20.8 Å². The molecule has 0 spiro atoms. The molecule has 31 heteroatoms. The lowest BCUT2D eigenvalue weighted by Crippen LogP contribution is -2.53. The van der Waals surface area contributed by atoms with Gasteiger partial charge < -0.3 is 91.3 Å². The van der Waals surface area contributed by atoms with Crippen LogP contribution < -0.4 is 0 Å². The molecule has 0 amide bonds. The number of alkyl halides is 6. The van der Waals surface area contributed by atoms with Crippen LogP contribution in [0.3, 0.4) is 0 Å². The Hall–Kier alpha value is -4.39. The van der Waals surface area contributed by atoms with Gasteiger partial charge in [-0.3, -0.25) is 29.4 Å². The zero-order chi connectivity index (χ0) is 103. The van der Waals surface area contributed by atoms with E-state index in [1.165, 1.54) is 0 Å². The molecular weight excluding hydrogens is 1910 g/mol. The topological polar surface area (TPSA) is 341 Å². The summed E-state index contributed by atoms with van der Waals surface area (Å²) in [6.07, 6.45) is 24.1. The Balaban J connectivity index is 0.000000183. The van der Waals surface area contributed by atoms with Crippen LogP contribution in [0.2, 0.25) is 0 Å². The first kappa shape index (κ1) is 115. The maximum Gasteiger partial charge on any atom is 0.320 e. The van der Waals surface area contributed by atoms with E-state index in [1.54, 1.807) is 41.5 Å². The summed E-state index contributed by atoms with van der Waals surface area (Å²) >= 11 is 37.3. The third kappa shape index (κ3) is 22.9. The lowest BCUT2D eigenvalue weighted by atomic mass is 9.52. The summed E-state index contributed by atoms with van der Waals surface area (Å²) in [7, 11) is 1.00.